The summed E-state index contributed by atoms with van der Waals surface area (Å²) in [7, 11) is -2.21. The predicted molar refractivity (Wildman–Crippen MR) is 99.3 cm³/mol. The monoisotopic (exact) mass is 453 g/mol. The highest BCUT2D eigenvalue weighted by atomic mass is 35.6. The largest absolute Gasteiger partial charge is 0.394 e. The van der Waals surface area contributed by atoms with Crippen LogP contribution >= 0.6 is 34.8 Å². The summed E-state index contributed by atoms with van der Waals surface area (Å²) in [5.74, 6) is -1.07. The van der Waals surface area contributed by atoms with Crippen molar-refractivity contribution in [3.63, 3.8) is 0 Å². The van der Waals surface area contributed by atoms with E-state index in [4.69, 9.17) is 48.8 Å². The molecule has 4 N–H and O–H groups in total. The van der Waals surface area contributed by atoms with Gasteiger partial charge >= 0.3 is 0 Å². The van der Waals surface area contributed by atoms with Crippen LogP contribution in [0.25, 0.3) is 0 Å². The number of aliphatic hydroxyl groups is 3. The second-order valence-corrected chi connectivity index (χ2v) is 13.2. The van der Waals surface area contributed by atoms with Crippen LogP contribution in [-0.2, 0) is 18.8 Å². The summed E-state index contributed by atoms with van der Waals surface area (Å²) >= 11 is 16.4. The third kappa shape index (κ3) is 7.05. The van der Waals surface area contributed by atoms with Gasteiger partial charge in [-0.15, -0.1) is 0 Å². The molecule has 0 aromatic rings. The molecule has 0 bridgehead atoms. The van der Waals surface area contributed by atoms with Gasteiger partial charge in [-0.3, -0.25) is 9.63 Å². The first kappa shape index (κ1) is 24.4. The molecule has 1 aliphatic heterocycles. The van der Waals surface area contributed by atoms with E-state index in [1.807, 2.05) is 18.6 Å². The van der Waals surface area contributed by atoms with Crippen molar-refractivity contribution in [2.75, 3.05) is 6.61 Å². The van der Waals surface area contributed by atoms with E-state index in [0.717, 1.165) is 18.9 Å². The molecule has 12 heteroatoms. The third-order valence-electron chi connectivity index (χ3n) is 3.94. The van der Waals surface area contributed by atoms with Crippen molar-refractivity contribution >= 4 is 49.0 Å². The summed E-state index contributed by atoms with van der Waals surface area (Å²) in [5, 5.41) is 29.7. The molecule has 0 saturated carbocycles. The number of aliphatic hydroxyl groups excluding tert-OH is 3. The predicted octanol–water partition coefficient (Wildman–Crippen LogP) is 1.23. The minimum Gasteiger partial charge on any atom is -0.394 e. The quantitative estimate of drug-likeness (QED) is 0.247. The molecular weight excluding hydrogens is 429 g/mol. The van der Waals surface area contributed by atoms with E-state index in [1.54, 1.807) is 0 Å². The second-order valence-electron chi connectivity index (χ2n) is 6.70. The molecule has 1 amide bonds. The average molecular weight is 455 g/mol. The van der Waals surface area contributed by atoms with Gasteiger partial charge < -0.3 is 24.5 Å². The SMILES string of the molecule is CCCC[Si](C)(C)O[C@@H]1O[C@H](CO)[C@@H](O)[C@H](O)[C@H]1ONC(=O)C(Cl)(Cl)Cl. The molecule has 1 aliphatic rings. The van der Waals surface area contributed by atoms with Crippen LogP contribution in [0.4, 0.5) is 0 Å². The Labute approximate surface area is 168 Å². The number of unbranched alkanes of at least 4 members (excludes halogenated alkanes) is 1. The number of hydrogen-bond acceptors (Lipinski definition) is 7. The van der Waals surface area contributed by atoms with Gasteiger partial charge in [0.15, 0.2) is 20.7 Å². The molecule has 0 radical (unpaired) electrons. The normalized spacial score (nSPS) is 30.3. The highest BCUT2D eigenvalue weighted by Crippen LogP contribution is 2.29. The van der Waals surface area contributed by atoms with Crippen LogP contribution in [0.1, 0.15) is 19.8 Å². The van der Waals surface area contributed by atoms with E-state index >= 15 is 0 Å². The molecule has 154 valence electrons. The van der Waals surface area contributed by atoms with Crippen molar-refractivity contribution in [3.05, 3.63) is 0 Å². The standard InChI is InChI=1S/C14H26Cl3NO7Si/c1-4-5-6-26(2,3)25-12-11(24-18-13(22)14(15,16)17)10(21)9(20)8(7-19)23-12/h8-12,19-21H,4-7H2,1-3H3,(H,18,22)/t8-,9-,10+,11-,12+/m1/s1. The van der Waals surface area contributed by atoms with Gasteiger partial charge in [-0.25, -0.2) is 5.48 Å². The zero-order chi connectivity index (χ0) is 20.1. The molecule has 0 unspecified atom stereocenters. The average Bonchev–Trinajstić information content (AvgIpc) is 2.54. The van der Waals surface area contributed by atoms with Crippen molar-refractivity contribution in [3.8, 4) is 0 Å². The van der Waals surface area contributed by atoms with Crippen LogP contribution in [0, 0.1) is 0 Å². The lowest BCUT2D eigenvalue weighted by Gasteiger charge is -2.43. The zero-order valence-electron chi connectivity index (χ0n) is 14.8. The summed E-state index contributed by atoms with van der Waals surface area (Å²) in [6.45, 7) is 5.46. The minimum atomic E-state index is -2.27. The fourth-order valence-electron chi connectivity index (χ4n) is 2.43. The van der Waals surface area contributed by atoms with Crippen LogP contribution in [-0.4, -0.2) is 70.6 Å². The van der Waals surface area contributed by atoms with E-state index in [0.29, 0.717) is 0 Å². The van der Waals surface area contributed by atoms with Gasteiger partial charge in [-0.2, -0.15) is 0 Å². The van der Waals surface area contributed by atoms with Crippen LogP contribution in [0.15, 0.2) is 0 Å². The number of carbonyl (C=O) groups is 1. The number of nitrogens with one attached hydrogen (secondary N) is 1. The number of hydroxylamine groups is 1. The maximum absolute atomic E-state index is 11.7. The van der Waals surface area contributed by atoms with E-state index in [-0.39, 0.29) is 0 Å². The van der Waals surface area contributed by atoms with Crippen LogP contribution in [0.3, 0.4) is 0 Å². The number of amides is 1. The number of alkyl halides is 3. The Hall–Kier alpha value is 0.317. The fourth-order valence-corrected chi connectivity index (χ4v) is 4.69. The Kier molecular flexibility index (Phi) is 9.55. The lowest BCUT2D eigenvalue weighted by molar-refractivity contribution is -0.299. The van der Waals surface area contributed by atoms with Crippen molar-refractivity contribution in [2.24, 2.45) is 0 Å². The zero-order valence-corrected chi connectivity index (χ0v) is 18.1. The first-order chi connectivity index (χ1) is 11.9. The molecule has 0 aromatic heterocycles. The van der Waals surface area contributed by atoms with E-state index in [1.165, 1.54) is 0 Å². The molecule has 1 heterocycles. The fraction of sp³-hybridized carbons (Fsp3) is 0.929. The molecule has 5 atom stereocenters. The molecule has 0 aromatic carbocycles. The van der Waals surface area contributed by atoms with Crippen LogP contribution < -0.4 is 5.48 Å². The molecule has 0 spiro atoms. The van der Waals surface area contributed by atoms with Crippen molar-refractivity contribution in [2.45, 2.75) is 73.4 Å². The molecule has 0 aliphatic carbocycles. The topological polar surface area (TPSA) is 117 Å². The lowest BCUT2D eigenvalue weighted by Crippen LogP contribution is -2.63. The number of rotatable bonds is 8. The smallest absolute Gasteiger partial charge is 0.295 e. The van der Waals surface area contributed by atoms with Gasteiger partial charge in [0.1, 0.15) is 18.3 Å². The summed E-state index contributed by atoms with van der Waals surface area (Å²) in [4.78, 5) is 16.8. The number of carbonyl (C=O) groups excluding carboxylic acids is 1. The van der Waals surface area contributed by atoms with Crippen LogP contribution in [0.2, 0.25) is 19.1 Å². The molecule has 8 nitrogen and oxygen atoms in total. The maximum atomic E-state index is 11.7. The Morgan fingerprint density at radius 3 is 2.38 bits per heavy atom. The molecule has 1 rings (SSSR count). The van der Waals surface area contributed by atoms with E-state index < -0.39 is 55.3 Å². The van der Waals surface area contributed by atoms with Crippen molar-refractivity contribution in [1.29, 1.82) is 0 Å². The highest BCUT2D eigenvalue weighted by molar-refractivity contribution is 6.76. The van der Waals surface area contributed by atoms with E-state index in [9.17, 15) is 20.1 Å². The molecule has 26 heavy (non-hydrogen) atoms. The molecule has 1 fully saturated rings. The number of hydrogen-bond donors (Lipinski definition) is 4. The number of halogens is 3. The Bertz CT molecular complexity index is 466. The van der Waals surface area contributed by atoms with Crippen LogP contribution in [0.5, 0.6) is 0 Å². The first-order valence-electron chi connectivity index (χ1n) is 8.26. The van der Waals surface area contributed by atoms with Gasteiger partial charge in [-0.1, -0.05) is 54.6 Å². The molecule has 1 saturated heterocycles. The van der Waals surface area contributed by atoms with Crippen molar-refractivity contribution < 1.29 is 34.1 Å². The second kappa shape index (κ2) is 10.2. The first-order valence-corrected chi connectivity index (χ1v) is 12.5. The maximum Gasteiger partial charge on any atom is 0.295 e. The summed E-state index contributed by atoms with van der Waals surface area (Å²) in [5.41, 5.74) is 1.92. The highest BCUT2D eigenvalue weighted by Gasteiger charge is 2.48. The summed E-state index contributed by atoms with van der Waals surface area (Å²) < 4.78 is 9.30. The van der Waals surface area contributed by atoms with Crippen molar-refractivity contribution in [1.82, 2.24) is 5.48 Å². The summed E-state index contributed by atoms with van der Waals surface area (Å²) in [6, 6.07) is 0.832. The van der Waals surface area contributed by atoms with Gasteiger partial charge in [0.05, 0.1) is 6.61 Å². The Morgan fingerprint density at radius 2 is 1.88 bits per heavy atom. The summed E-state index contributed by atoms with van der Waals surface area (Å²) in [6.07, 6.45) is -4.47. The minimum absolute atomic E-state index is 0.526. The molecular formula is C14H26Cl3NO7Si. The number of ether oxygens (including phenoxy) is 1. The Morgan fingerprint density at radius 1 is 1.27 bits per heavy atom. The van der Waals surface area contributed by atoms with Gasteiger partial charge in [-0.05, 0) is 19.1 Å². The lowest BCUT2D eigenvalue weighted by atomic mass is 9.99. The van der Waals surface area contributed by atoms with Gasteiger partial charge in [0.25, 0.3) is 9.70 Å². The third-order valence-corrected chi connectivity index (χ3v) is 6.88. The van der Waals surface area contributed by atoms with E-state index in [2.05, 4.69) is 6.92 Å². The van der Waals surface area contributed by atoms with Gasteiger partial charge in [0, 0.05) is 0 Å². The van der Waals surface area contributed by atoms with Gasteiger partial charge in [0.2, 0.25) is 0 Å². The Balaban J connectivity index is 2.90.